The van der Waals surface area contributed by atoms with E-state index in [2.05, 4.69) is 44.8 Å². The van der Waals surface area contributed by atoms with Gasteiger partial charge in [0.2, 0.25) is 29.3 Å². The lowest BCUT2D eigenvalue weighted by Crippen LogP contribution is -2.36. The number of carbonyl (C=O) groups excluding carboxylic acids is 2. The van der Waals surface area contributed by atoms with E-state index in [0.29, 0.717) is 45.1 Å². The van der Waals surface area contributed by atoms with Crippen LogP contribution in [0.15, 0.2) is 140 Å². The number of ether oxygens (including phenoxy) is 3. The molecule has 5 aromatic heterocycles. The monoisotopic (exact) mass is 837 g/mol. The van der Waals surface area contributed by atoms with Crippen molar-refractivity contribution in [3.63, 3.8) is 0 Å². The molecule has 4 aromatic carbocycles. The summed E-state index contributed by atoms with van der Waals surface area (Å²) in [5.41, 5.74) is 5.81. The molecule has 1 saturated heterocycles. The van der Waals surface area contributed by atoms with Crippen molar-refractivity contribution in [3.05, 3.63) is 174 Å². The Bertz CT molecular complexity index is 3040. The highest BCUT2D eigenvalue weighted by atomic mass is 19.1. The van der Waals surface area contributed by atoms with Crippen LogP contribution in [0, 0.1) is 5.95 Å². The molecule has 1 aliphatic rings. The minimum absolute atomic E-state index is 0.0790. The van der Waals surface area contributed by atoms with E-state index < -0.39 is 5.95 Å². The van der Waals surface area contributed by atoms with Gasteiger partial charge in [-0.1, -0.05) is 30.3 Å². The van der Waals surface area contributed by atoms with Crippen molar-refractivity contribution in [1.29, 1.82) is 0 Å². The molecule has 0 bridgehead atoms. The van der Waals surface area contributed by atoms with Crippen LogP contribution in [0.2, 0.25) is 0 Å². The van der Waals surface area contributed by atoms with Crippen LogP contribution >= 0.6 is 0 Å². The quantitative estimate of drug-likeness (QED) is 0.0834. The molecule has 9 aromatic rings. The van der Waals surface area contributed by atoms with E-state index in [9.17, 15) is 14.0 Å². The summed E-state index contributed by atoms with van der Waals surface area (Å²) in [4.78, 5) is 60.8. The smallest absolute Gasteiger partial charge is 0.321 e. The minimum Gasteiger partial charge on any atom is -0.447 e. The number of hydrogen-bond acceptors (Lipinski definition) is 12. The number of imidazole rings is 2. The highest BCUT2D eigenvalue weighted by Gasteiger charge is 2.25. The van der Waals surface area contributed by atoms with Crippen molar-refractivity contribution in [2.45, 2.75) is 18.8 Å². The van der Waals surface area contributed by atoms with Crippen molar-refractivity contribution in [3.8, 4) is 40.4 Å². The number of benzene rings is 4. The lowest BCUT2D eigenvalue weighted by molar-refractivity contribution is 0.0920. The predicted molar refractivity (Wildman–Crippen MR) is 231 cm³/mol. The fraction of sp³-hybridized carbons (Fsp3) is 0.125. The number of piperidine rings is 1. The number of ketones is 2. The van der Waals surface area contributed by atoms with Gasteiger partial charge < -0.3 is 24.2 Å². The Hall–Kier alpha value is -8.17. The molecule has 15 heteroatoms. The number of para-hydroxylation sites is 4. The second-order valence-electron chi connectivity index (χ2n) is 14.9. The van der Waals surface area contributed by atoms with Crippen LogP contribution in [0.5, 0.6) is 29.3 Å². The van der Waals surface area contributed by atoms with Crippen LogP contribution in [-0.4, -0.2) is 76.2 Å². The van der Waals surface area contributed by atoms with Crippen molar-refractivity contribution < 1.29 is 28.2 Å². The van der Waals surface area contributed by atoms with Crippen LogP contribution in [0.3, 0.4) is 0 Å². The number of rotatable bonds is 13. The fourth-order valence-corrected chi connectivity index (χ4v) is 7.55. The number of likely N-dealkylation sites (tertiary alicyclic amines) is 1. The number of hydrogen-bond donors (Lipinski definition) is 2. The average Bonchev–Trinajstić information content (AvgIpc) is 3.97. The number of pyridine rings is 2. The Morgan fingerprint density at radius 2 is 1.25 bits per heavy atom. The Balaban J connectivity index is 0.780. The Kier molecular flexibility index (Phi) is 10.6. The van der Waals surface area contributed by atoms with Gasteiger partial charge in [0.15, 0.2) is 11.6 Å². The summed E-state index contributed by atoms with van der Waals surface area (Å²) >= 11 is 0. The average molecular weight is 838 g/mol. The molecule has 10 rings (SSSR count). The van der Waals surface area contributed by atoms with E-state index >= 15 is 0 Å². The topological polar surface area (TPSA) is 174 Å². The molecule has 2 N–H and O–H groups in total. The van der Waals surface area contributed by atoms with E-state index in [-0.39, 0.29) is 47.8 Å². The van der Waals surface area contributed by atoms with Gasteiger partial charge in [0, 0.05) is 54.4 Å². The van der Waals surface area contributed by atoms with Gasteiger partial charge in [-0.2, -0.15) is 9.37 Å². The molecular formula is C48H36FN9O5. The van der Waals surface area contributed by atoms with Crippen LogP contribution in [0.1, 0.15) is 56.7 Å². The third kappa shape index (κ3) is 8.45. The lowest BCUT2D eigenvalue weighted by Gasteiger charge is -2.31. The minimum atomic E-state index is -0.664. The van der Waals surface area contributed by atoms with E-state index in [1.54, 1.807) is 60.8 Å². The first-order valence-corrected chi connectivity index (χ1v) is 20.2. The van der Waals surface area contributed by atoms with Gasteiger partial charge in [-0.15, -0.1) is 0 Å². The summed E-state index contributed by atoms with van der Waals surface area (Å²) in [6.07, 6.45) is 6.23. The third-order valence-electron chi connectivity index (χ3n) is 10.8. The highest BCUT2D eigenvalue weighted by molar-refractivity contribution is 6.08. The van der Waals surface area contributed by atoms with Crippen LogP contribution < -0.4 is 14.2 Å². The Morgan fingerprint density at radius 1 is 0.651 bits per heavy atom. The van der Waals surface area contributed by atoms with E-state index in [1.165, 1.54) is 18.5 Å². The largest absolute Gasteiger partial charge is 0.447 e. The molecule has 0 atom stereocenters. The molecule has 0 aliphatic carbocycles. The third-order valence-corrected chi connectivity index (χ3v) is 10.8. The van der Waals surface area contributed by atoms with E-state index in [0.717, 1.165) is 48.0 Å². The zero-order chi connectivity index (χ0) is 42.7. The number of nitrogens with zero attached hydrogens (tertiary/aromatic N) is 7. The maximum absolute atomic E-state index is 14.2. The van der Waals surface area contributed by atoms with Crippen LogP contribution in [0.4, 0.5) is 4.39 Å². The summed E-state index contributed by atoms with van der Waals surface area (Å²) < 4.78 is 32.8. The van der Waals surface area contributed by atoms with Crippen molar-refractivity contribution in [2.24, 2.45) is 0 Å². The van der Waals surface area contributed by atoms with E-state index in [4.69, 9.17) is 14.2 Å². The first kappa shape index (κ1) is 39.0. The molecule has 14 nitrogen and oxygen atoms in total. The van der Waals surface area contributed by atoms with Gasteiger partial charge in [-0.3, -0.25) is 14.5 Å². The maximum Gasteiger partial charge on any atom is 0.321 e. The molecule has 0 spiro atoms. The van der Waals surface area contributed by atoms with Gasteiger partial charge in [-0.05, 0) is 109 Å². The molecule has 1 aliphatic heterocycles. The summed E-state index contributed by atoms with van der Waals surface area (Å²) in [6.45, 7) is 1.69. The summed E-state index contributed by atoms with van der Waals surface area (Å²) in [6, 6.07) is 35.5. The van der Waals surface area contributed by atoms with Crippen molar-refractivity contribution in [1.82, 2.24) is 44.8 Å². The van der Waals surface area contributed by atoms with Crippen LogP contribution in [0.25, 0.3) is 33.2 Å². The van der Waals surface area contributed by atoms with Crippen LogP contribution in [-0.2, 0) is 0 Å². The normalized spacial score (nSPS) is 13.3. The first-order valence-electron chi connectivity index (χ1n) is 20.2. The van der Waals surface area contributed by atoms with Gasteiger partial charge in [0.25, 0.3) is 0 Å². The molecule has 6 heterocycles. The highest BCUT2D eigenvalue weighted by Crippen LogP contribution is 2.36. The zero-order valence-corrected chi connectivity index (χ0v) is 33.4. The molecule has 63 heavy (non-hydrogen) atoms. The number of nitrogens with one attached hydrogen (secondary N) is 2. The predicted octanol–water partition coefficient (Wildman–Crippen LogP) is 9.09. The molecule has 0 unspecified atom stereocenters. The SMILES string of the molecule is O=C(c1ccc(Oc2nc(OCN3CCC(c4cccnc4Oc4ccc(C(=O)c5nc6ccccc6[nH]5)cc4)CC3)ncc2-c2ccnc(F)c2)cc1)c1nc2ccccc2[nH]1. The number of carbonyl (C=O) groups is 2. The standard InChI is InChI=1S/C48H36FN9O5/c49-41-26-32(19-23-50-41)36-27-52-48(57-47(36)63-34-17-13-31(14-18-34)43(60)45-55-39-9-3-4-10-40(39)56-45)61-28-58-24-20-29(21-25-58)35-6-5-22-51-46(35)62-33-15-11-30(12-16-33)42(59)44-53-37-7-1-2-8-38(37)54-44/h1-19,22-23,26-27,29H,20-21,24-25,28H2,(H,53,54)(H,55,56). The van der Waals surface area contributed by atoms with Crippen molar-refractivity contribution >= 4 is 33.6 Å². The molecule has 0 saturated carbocycles. The van der Waals surface area contributed by atoms with E-state index in [1.807, 2.05) is 60.7 Å². The Morgan fingerprint density at radius 3 is 1.86 bits per heavy atom. The number of fused-ring (bicyclic) bond motifs is 2. The summed E-state index contributed by atoms with van der Waals surface area (Å²) in [7, 11) is 0. The van der Waals surface area contributed by atoms with Crippen molar-refractivity contribution in [2.75, 3.05) is 19.8 Å². The van der Waals surface area contributed by atoms with Gasteiger partial charge >= 0.3 is 6.01 Å². The zero-order valence-electron chi connectivity index (χ0n) is 33.4. The molecule has 1 fully saturated rings. The maximum atomic E-state index is 14.2. The van der Waals surface area contributed by atoms with Gasteiger partial charge in [0.05, 0.1) is 27.6 Å². The van der Waals surface area contributed by atoms with Gasteiger partial charge in [0.1, 0.15) is 18.2 Å². The second kappa shape index (κ2) is 17.1. The number of halogens is 1. The lowest BCUT2D eigenvalue weighted by atomic mass is 9.90. The number of aromatic nitrogens is 8. The summed E-state index contributed by atoms with van der Waals surface area (Å²) in [5.74, 6) is 1.19. The van der Waals surface area contributed by atoms with Gasteiger partial charge in [-0.25, -0.2) is 24.9 Å². The Labute approximate surface area is 358 Å². The molecule has 310 valence electrons. The summed E-state index contributed by atoms with van der Waals surface area (Å²) in [5, 5.41) is 0. The number of aromatic amines is 2. The molecule has 0 amide bonds. The number of H-pyrrole nitrogens is 2. The molecular weight excluding hydrogens is 802 g/mol. The second-order valence-corrected chi connectivity index (χ2v) is 14.9. The fourth-order valence-electron chi connectivity index (χ4n) is 7.55. The molecule has 0 radical (unpaired) electrons. The first-order chi connectivity index (χ1) is 30.9.